The topological polar surface area (TPSA) is 304 Å². The molecular weight excluding hydrogens is 869 g/mol. The Morgan fingerprint density at radius 2 is 1.36 bits per heavy atom. The monoisotopic (exact) mass is 913 g/mol. The number of carbonyl (C=O) groups excluding carboxylic acids is 1. The van der Waals surface area contributed by atoms with Gasteiger partial charge < -0.3 is 9.64 Å². The van der Waals surface area contributed by atoms with Crippen molar-refractivity contribution in [3.05, 3.63) is 65.4 Å². The Morgan fingerprint density at radius 3 is 1.93 bits per heavy atom. The molecule has 19 nitrogen and oxygen atoms in total. The quantitative estimate of drug-likeness (QED) is 0.0551. The number of hydrogen-bond donors (Lipinski definition) is 5. The van der Waals surface area contributed by atoms with E-state index in [0.717, 1.165) is 6.07 Å². The highest BCUT2D eigenvalue weighted by molar-refractivity contribution is 7.87. The summed E-state index contributed by atoms with van der Waals surface area (Å²) >= 11 is 0. The molecule has 0 saturated carbocycles. The van der Waals surface area contributed by atoms with E-state index >= 15 is 0 Å². The van der Waals surface area contributed by atoms with Crippen LogP contribution in [0.1, 0.15) is 70.4 Å². The highest BCUT2D eigenvalue weighted by atomic mass is 32.2. The second-order valence-electron chi connectivity index (χ2n) is 14.5. The van der Waals surface area contributed by atoms with Gasteiger partial charge in [0.25, 0.3) is 57.1 Å². The Bertz CT molecular complexity index is 2620. The number of nitrogens with zero attached hydrogens (tertiary/aromatic N) is 2. The molecule has 58 heavy (non-hydrogen) atoms. The number of anilines is 1. The minimum atomic E-state index is -5.22. The van der Waals surface area contributed by atoms with Crippen LogP contribution in [0.25, 0.3) is 0 Å². The lowest BCUT2D eigenvalue weighted by atomic mass is 9.77. The molecule has 322 valence electrons. The Labute approximate surface area is 337 Å². The molecule has 0 aromatic heterocycles. The molecule has 24 heteroatoms. The normalized spacial score (nSPS) is 19.2. The van der Waals surface area contributed by atoms with Gasteiger partial charge in [0.05, 0.1) is 34.0 Å². The van der Waals surface area contributed by atoms with Crippen molar-refractivity contribution < 1.29 is 79.0 Å². The average molecular weight is 914 g/mol. The van der Waals surface area contributed by atoms with Crippen molar-refractivity contribution in [2.24, 2.45) is 0 Å². The highest BCUT2D eigenvalue weighted by Gasteiger charge is 2.49. The maximum atomic E-state index is 13.0. The molecule has 2 heterocycles. The summed E-state index contributed by atoms with van der Waals surface area (Å²) in [6.07, 6.45) is 5.40. The van der Waals surface area contributed by atoms with Crippen LogP contribution in [0.3, 0.4) is 0 Å². The summed E-state index contributed by atoms with van der Waals surface area (Å²) in [5, 5.41) is 0. The van der Waals surface area contributed by atoms with E-state index in [1.807, 2.05) is 0 Å². The van der Waals surface area contributed by atoms with Crippen LogP contribution >= 0.6 is 0 Å². The van der Waals surface area contributed by atoms with Crippen LogP contribution < -0.4 is 4.90 Å². The first-order chi connectivity index (χ1) is 26.5. The molecule has 2 aliphatic heterocycles. The molecule has 2 aromatic rings. The minimum Gasteiger partial charge on any atom is -0.468 e. The number of carbonyl (C=O) groups is 1. The largest absolute Gasteiger partial charge is 0.468 e. The van der Waals surface area contributed by atoms with Crippen molar-refractivity contribution in [1.29, 1.82) is 0 Å². The van der Waals surface area contributed by atoms with E-state index in [2.05, 4.69) is 0 Å². The van der Waals surface area contributed by atoms with Gasteiger partial charge in [0.2, 0.25) is 5.69 Å². The lowest BCUT2D eigenvalue weighted by Crippen LogP contribution is -2.31. The third-order valence-electron chi connectivity index (χ3n) is 10.0. The first-order valence-corrected chi connectivity index (χ1v) is 25.1. The average Bonchev–Trinajstić information content (AvgIpc) is 3.43. The van der Waals surface area contributed by atoms with Crippen molar-refractivity contribution in [2.45, 2.75) is 84.8 Å². The summed E-state index contributed by atoms with van der Waals surface area (Å²) in [4.78, 5) is 9.87. The van der Waals surface area contributed by atoms with Crippen LogP contribution in [0.4, 0.5) is 11.4 Å². The Kier molecular flexibility index (Phi) is 13.9. The molecule has 0 saturated heterocycles. The summed E-state index contributed by atoms with van der Waals surface area (Å²) < 4.78 is 178. The van der Waals surface area contributed by atoms with Crippen molar-refractivity contribution in [1.82, 2.24) is 0 Å². The van der Waals surface area contributed by atoms with Gasteiger partial charge in [0, 0.05) is 47.5 Å². The minimum absolute atomic E-state index is 0.0593. The third-order valence-corrected chi connectivity index (χ3v) is 14.3. The van der Waals surface area contributed by atoms with Crippen LogP contribution in [0.2, 0.25) is 0 Å². The van der Waals surface area contributed by atoms with Crippen LogP contribution in [-0.2, 0) is 71.0 Å². The van der Waals surface area contributed by atoms with Gasteiger partial charge in [-0.3, -0.25) is 27.6 Å². The number of rotatable bonds is 20. The van der Waals surface area contributed by atoms with Gasteiger partial charge in [-0.05, 0) is 64.3 Å². The van der Waals surface area contributed by atoms with E-state index in [1.54, 1.807) is 31.4 Å². The maximum absolute atomic E-state index is 13.0. The summed E-state index contributed by atoms with van der Waals surface area (Å²) in [5.41, 5.74) is -1.74. The van der Waals surface area contributed by atoms with E-state index in [9.17, 15) is 69.6 Å². The lowest BCUT2D eigenvalue weighted by Gasteiger charge is -2.31. The Balaban J connectivity index is 2.00. The number of allylic oxidation sites excluding steroid dienone is 4. The number of unbranched alkanes of at least 4 members (excludes halogenated alkanes) is 2. The van der Waals surface area contributed by atoms with E-state index < -0.39 is 87.6 Å². The van der Waals surface area contributed by atoms with Gasteiger partial charge in [-0.2, -0.15) is 46.7 Å². The number of hydrogen-bond acceptors (Lipinski definition) is 13. The van der Waals surface area contributed by atoms with E-state index in [1.165, 1.54) is 35.3 Å². The zero-order valence-electron chi connectivity index (χ0n) is 31.5. The SMILES string of the molecule is CC1(C)C(/C=C/C=C2/N(CCCS(=O)(=O)O)c3cc(S(=O)(=O)O)cc(S(=O)(=O)O)c3C2(C)CCCCCOC=O)=[N+](CCCS(=O)(=O)O)c2cccc(S(=O)(=O)O)c21. The molecule has 0 amide bonds. The van der Waals surface area contributed by atoms with Gasteiger partial charge in [-0.1, -0.05) is 25.0 Å². The molecule has 0 fully saturated rings. The van der Waals surface area contributed by atoms with E-state index in [4.69, 9.17) is 4.74 Å². The molecule has 4 rings (SSSR count). The summed E-state index contributed by atoms with van der Waals surface area (Å²) in [5.74, 6) is -1.41. The van der Waals surface area contributed by atoms with Crippen molar-refractivity contribution in [3.63, 3.8) is 0 Å². The molecule has 0 spiro atoms. The van der Waals surface area contributed by atoms with Crippen molar-refractivity contribution >= 4 is 74.1 Å². The second kappa shape index (κ2) is 17.2. The highest BCUT2D eigenvalue weighted by Crippen LogP contribution is 2.54. The van der Waals surface area contributed by atoms with Crippen molar-refractivity contribution in [2.75, 3.05) is 36.1 Å². The maximum Gasteiger partial charge on any atom is 0.295 e. The summed E-state index contributed by atoms with van der Waals surface area (Å²) in [7, 11) is -24.0. The van der Waals surface area contributed by atoms with Crippen LogP contribution in [0.15, 0.2) is 68.9 Å². The smallest absolute Gasteiger partial charge is 0.295 e. The van der Waals surface area contributed by atoms with Gasteiger partial charge in [-0.15, -0.1) is 0 Å². The first kappa shape index (κ1) is 47.1. The predicted molar refractivity (Wildman–Crippen MR) is 210 cm³/mol. The van der Waals surface area contributed by atoms with Crippen molar-refractivity contribution in [3.8, 4) is 0 Å². The standard InChI is InChI=1S/C34H44N2O17S5/c1-33(2)29(35(16-9-19-54(38,39)40)25-11-7-12-27(31(25)33)57(47,48)49)13-8-14-30-34(3,15-5-4-6-18-53-23-37)32-26(36(30)17-10-20-55(41,42)43)21-24(56(44,45)46)22-28(32)58(50,51)52/h7-8,11-14,21-23H,4-6,9-10,15-20H2,1-3H3,(H4-,38,39,40,41,42,43,44,45,46,47,48,49,50,51,52)/p+1. The molecule has 0 radical (unpaired) electrons. The Morgan fingerprint density at radius 1 is 0.741 bits per heavy atom. The Hall–Kier alpha value is -3.59. The molecule has 0 aliphatic carbocycles. The second-order valence-corrected chi connectivity index (χ2v) is 21.9. The number of ether oxygens (including phenoxy) is 1. The van der Waals surface area contributed by atoms with E-state index in [0.29, 0.717) is 36.7 Å². The van der Waals surface area contributed by atoms with E-state index in [-0.39, 0.29) is 67.9 Å². The first-order valence-electron chi connectivity index (χ1n) is 17.6. The zero-order chi connectivity index (χ0) is 43.7. The number of benzene rings is 2. The van der Waals surface area contributed by atoms with Gasteiger partial charge in [0.15, 0.2) is 5.71 Å². The van der Waals surface area contributed by atoms with Gasteiger partial charge in [0.1, 0.15) is 16.3 Å². The molecule has 2 aliphatic rings. The van der Waals surface area contributed by atoms with Crippen LogP contribution in [0.5, 0.6) is 0 Å². The molecular formula is C34H45N2O17S5+. The lowest BCUT2D eigenvalue weighted by molar-refractivity contribution is -0.437. The van der Waals surface area contributed by atoms with Crippen LogP contribution in [-0.4, -0.2) is 113 Å². The molecule has 1 unspecified atom stereocenters. The number of fused-ring (bicyclic) bond motifs is 2. The van der Waals surface area contributed by atoms with Gasteiger partial charge in [-0.25, -0.2) is 0 Å². The third kappa shape index (κ3) is 10.8. The molecule has 5 N–H and O–H groups in total. The van der Waals surface area contributed by atoms with Crippen LogP contribution in [0, 0.1) is 0 Å². The summed E-state index contributed by atoms with van der Waals surface area (Å²) in [6, 6.07) is 5.70. The molecule has 0 bridgehead atoms. The predicted octanol–water partition coefficient (Wildman–Crippen LogP) is 3.31. The van der Waals surface area contributed by atoms with Gasteiger partial charge >= 0.3 is 0 Å². The fourth-order valence-electron chi connectivity index (χ4n) is 7.67. The molecule has 1 atom stereocenters. The summed E-state index contributed by atoms with van der Waals surface area (Å²) in [6.45, 7) is 4.92. The molecule has 2 aromatic carbocycles. The zero-order valence-corrected chi connectivity index (χ0v) is 35.6. The fraction of sp³-hybridized carbons (Fsp3) is 0.471. The fourth-order valence-corrected chi connectivity index (χ4v) is 11.0.